The fraction of sp³-hybridized carbons (Fsp3) is 0.300. The maximum Gasteiger partial charge on any atom is 0.416 e. The molecule has 3 aromatic rings. The van der Waals surface area contributed by atoms with Gasteiger partial charge in [0.1, 0.15) is 11.5 Å². The monoisotopic (exact) mass is 425 g/mol. The van der Waals surface area contributed by atoms with E-state index in [1.165, 1.54) is 6.20 Å². The second-order valence-electron chi connectivity index (χ2n) is 7.02. The SMILES string of the molecule is O=C(c1ccc(C(F)(F)F)cc1Cl)N1CCC(c2c(F)cnc3[nH]ccc23)CC1. The number of carbonyl (C=O) groups is 1. The molecular formula is C20H16ClF4N3O. The zero-order valence-electron chi connectivity index (χ0n) is 15.1. The third-order valence-electron chi connectivity index (χ3n) is 5.30. The molecule has 1 aromatic carbocycles. The lowest BCUT2D eigenvalue weighted by Crippen LogP contribution is -2.38. The normalized spacial score (nSPS) is 15.8. The Hall–Kier alpha value is -2.61. The molecule has 0 saturated carbocycles. The molecule has 4 nitrogen and oxygen atoms in total. The zero-order valence-corrected chi connectivity index (χ0v) is 15.8. The van der Waals surface area contributed by atoms with Crippen molar-refractivity contribution >= 4 is 28.5 Å². The number of alkyl halides is 3. The maximum absolute atomic E-state index is 14.4. The number of halogens is 5. The van der Waals surface area contributed by atoms with Crippen LogP contribution >= 0.6 is 11.6 Å². The summed E-state index contributed by atoms with van der Waals surface area (Å²) in [4.78, 5) is 21.3. The summed E-state index contributed by atoms with van der Waals surface area (Å²) in [5.41, 5.74) is 0.315. The molecular weight excluding hydrogens is 410 g/mol. The number of benzene rings is 1. The molecule has 9 heteroatoms. The number of carbonyl (C=O) groups excluding carboxylic acids is 1. The van der Waals surface area contributed by atoms with Crippen LogP contribution in [0.15, 0.2) is 36.7 Å². The van der Waals surface area contributed by atoms with Gasteiger partial charge in [0, 0.05) is 30.2 Å². The summed E-state index contributed by atoms with van der Waals surface area (Å²) in [5, 5.41) is 0.488. The molecule has 2 aromatic heterocycles. The van der Waals surface area contributed by atoms with E-state index in [9.17, 15) is 22.4 Å². The molecule has 152 valence electrons. The highest BCUT2D eigenvalue weighted by Gasteiger charge is 2.33. The van der Waals surface area contributed by atoms with Gasteiger partial charge in [-0.2, -0.15) is 13.2 Å². The Labute approximate surface area is 168 Å². The van der Waals surface area contributed by atoms with Gasteiger partial charge in [-0.3, -0.25) is 4.79 Å². The molecule has 4 rings (SSSR count). The summed E-state index contributed by atoms with van der Waals surface area (Å²) >= 11 is 5.94. The van der Waals surface area contributed by atoms with E-state index in [0.717, 1.165) is 23.6 Å². The molecule has 29 heavy (non-hydrogen) atoms. The number of rotatable bonds is 2. The molecule has 0 aliphatic carbocycles. The Morgan fingerprint density at radius 3 is 2.59 bits per heavy atom. The summed E-state index contributed by atoms with van der Waals surface area (Å²) in [6.07, 6.45) is -0.572. The van der Waals surface area contributed by atoms with Crippen molar-refractivity contribution in [3.8, 4) is 0 Å². The van der Waals surface area contributed by atoms with Crippen molar-refractivity contribution in [3.05, 3.63) is 64.2 Å². The van der Waals surface area contributed by atoms with E-state index >= 15 is 0 Å². The number of nitrogens with one attached hydrogen (secondary N) is 1. The summed E-state index contributed by atoms with van der Waals surface area (Å²) < 4.78 is 52.8. The van der Waals surface area contributed by atoms with Crippen molar-refractivity contribution in [3.63, 3.8) is 0 Å². The molecule has 3 heterocycles. The first-order valence-electron chi connectivity index (χ1n) is 9.03. The second kappa shape index (κ2) is 7.33. The van der Waals surface area contributed by atoms with Crippen LogP contribution in [0.3, 0.4) is 0 Å². The lowest BCUT2D eigenvalue weighted by atomic mass is 9.87. The first-order valence-corrected chi connectivity index (χ1v) is 9.41. The molecule has 1 amide bonds. The summed E-state index contributed by atoms with van der Waals surface area (Å²) in [6.45, 7) is 0.711. The van der Waals surface area contributed by atoms with Crippen LogP contribution in [-0.2, 0) is 6.18 Å². The Morgan fingerprint density at radius 2 is 1.93 bits per heavy atom. The van der Waals surface area contributed by atoms with Crippen molar-refractivity contribution in [2.24, 2.45) is 0 Å². The average molecular weight is 426 g/mol. The number of aromatic amines is 1. The van der Waals surface area contributed by atoms with Crippen molar-refractivity contribution < 1.29 is 22.4 Å². The van der Waals surface area contributed by atoms with Gasteiger partial charge in [-0.1, -0.05) is 11.6 Å². The summed E-state index contributed by atoms with van der Waals surface area (Å²) in [7, 11) is 0. The summed E-state index contributed by atoms with van der Waals surface area (Å²) in [6, 6.07) is 4.49. The van der Waals surface area contributed by atoms with E-state index < -0.39 is 17.6 Å². The van der Waals surface area contributed by atoms with Gasteiger partial charge in [0.2, 0.25) is 0 Å². The second-order valence-corrected chi connectivity index (χ2v) is 7.43. The van der Waals surface area contributed by atoms with Crippen molar-refractivity contribution in [1.29, 1.82) is 0 Å². The van der Waals surface area contributed by atoms with Gasteiger partial charge in [-0.15, -0.1) is 0 Å². The van der Waals surface area contributed by atoms with E-state index in [4.69, 9.17) is 11.6 Å². The summed E-state index contributed by atoms with van der Waals surface area (Å²) in [5.74, 6) is -0.889. The number of likely N-dealkylation sites (tertiary alicyclic amines) is 1. The fourth-order valence-electron chi connectivity index (χ4n) is 3.83. The highest BCUT2D eigenvalue weighted by atomic mass is 35.5. The average Bonchev–Trinajstić information content (AvgIpc) is 3.15. The van der Waals surface area contributed by atoms with E-state index in [1.807, 2.05) is 0 Å². The molecule has 0 atom stereocenters. The number of amides is 1. The Morgan fingerprint density at radius 1 is 1.21 bits per heavy atom. The predicted molar refractivity (Wildman–Crippen MR) is 100 cm³/mol. The van der Waals surface area contributed by atoms with Crippen LogP contribution in [0.4, 0.5) is 17.6 Å². The Balaban J connectivity index is 1.50. The number of piperidine rings is 1. The minimum absolute atomic E-state index is 0.0289. The predicted octanol–water partition coefficient (Wildman–Crippen LogP) is 5.39. The van der Waals surface area contributed by atoms with Crippen molar-refractivity contribution in [2.45, 2.75) is 24.9 Å². The quantitative estimate of drug-likeness (QED) is 0.559. The highest BCUT2D eigenvalue weighted by molar-refractivity contribution is 6.33. The number of hydrogen-bond donors (Lipinski definition) is 1. The van der Waals surface area contributed by atoms with Crippen molar-refractivity contribution in [2.75, 3.05) is 13.1 Å². The van der Waals surface area contributed by atoms with Crippen LogP contribution in [-0.4, -0.2) is 33.9 Å². The highest BCUT2D eigenvalue weighted by Crippen LogP contribution is 2.36. The molecule has 1 fully saturated rings. The van der Waals surface area contributed by atoms with E-state index in [1.54, 1.807) is 17.2 Å². The van der Waals surface area contributed by atoms with Gasteiger partial charge in [0.25, 0.3) is 5.91 Å². The third kappa shape index (κ3) is 3.69. The number of nitrogens with zero attached hydrogens (tertiary/aromatic N) is 2. The first kappa shape index (κ1) is 19.7. The first-order chi connectivity index (χ1) is 13.8. The minimum atomic E-state index is -4.53. The Bertz CT molecular complexity index is 1070. The lowest BCUT2D eigenvalue weighted by molar-refractivity contribution is -0.137. The van der Waals surface area contributed by atoms with Gasteiger partial charge >= 0.3 is 6.18 Å². The third-order valence-corrected chi connectivity index (χ3v) is 5.61. The topological polar surface area (TPSA) is 49.0 Å². The van der Waals surface area contributed by atoms with E-state index in [-0.39, 0.29) is 22.3 Å². The molecule has 0 radical (unpaired) electrons. The van der Waals surface area contributed by atoms with Crippen LogP contribution in [0.25, 0.3) is 11.0 Å². The number of hydrogen-bond acceptors (Lipinski definition) is 2. The van der Waals surface area contributed by atoms with E-state index in [0.29, 0.717) is 37.1 Å². The molecule has 1 N–H and O–H groups in total. The van der Waals surface area contributed by atoms with Crippen LogP contribution in [0.5, 0.6) is 0 Å². The van der Waals surface area contributed by atoms with Crippen LogP contribution in [0.2, 0.25) is 5.02 Å². The van der Waals surface area contributed by atoms with Crippen LogP contribution in [0, 0.1) is 5.82 Å². The van der Waals surface area contributed by atoms with E-state index in [2.05, 4.69) is 9.97 Å². The molecule has 0 bridgehead atoms. The minimum Gasteiger partial charge on any atom is -0.346 e. The molecule has 1 aliphatic rings. The molecule has 1 aliphatic heterocycles. The number of pyridine rings is 1. The van der Waals surface area contributed by atoms with Gasteiger partial charge in [0.05, 0.1) is 22.3 Å². The van der Waals surface area contributed by atoms with Crippen LogP contribution in [0.1, 0.15) is 40.2 Å². The maximum atomic E-state index is 14.4. The van der Waals surface area contributed by atoms with Crippen LogP contribution < -0.4 is 0 Å². The van der Waals surface area contributed by atoms with Gasteiger partial charge in [-0.05, 0) is 43.0 Å². The van der Waals surface area contributed by atoms with Gasteiger partial charge in [-0.25, -0.2) is 9.37 Å². The smallest absolute Gasteiger partial charge is 0.346 e. The molecule has 1 saturated heterocycles. The Kier molecular flexibility index (Phi) is 4.98. The largest absolute Gasteiger partial charge is 0.416 e. The number of H-pyrrole nitrogens is 1. The fourth-order valence-corrected chi connectivity index (χ4v) is 4.09. The standard InChI is InChI=1S/C20H16ClF4N3O/c21-15-9-12(20(23,24)25)1-2-13(15)19(29)28-7-4-11(5-8-28)17-14-3-6-26-18(14)27-10-16(17)22/h1-3,6,9-11H,4-5,7-8H2,(H,26,27). The molecule has 0 unspecified atom stereocenters. The number of fused-ring (bicyclic) bond motifs is 1. The van der Waals surface area contributed by atoms with Gasteiger partial charge in [0.15, 0.2) is 0 Å². The molecule has 0 spiro atoms. The zero-order chi connectivity index (χ0) is 20.8. The van der Waals surface area contributed by atoms with Crippen molar-refractivity contribution in [1.82, 2.24) is 14.9 Å². The number of aromatic nitrogens is 2. The van der Waals surface area contributed by atoms with Gasteiger partial charge < -0.3 is 9.88 Å². The lowest BCUT2D eigenvalue weighted by Gasteiger charge is -2.33.